The fourth-order valence-corrected chi connectivity index (χ4v) is 1.93. The van der Waals surface area contributed by atoms with Gasteiger partial charge in [0.1, 0.15) is 0 Å². The van der Waals surface area contributed by atoms with Gasteiger partial charge in [0.25, 0.3) is 0 Å². The maximum atomic E-state index is 10.7. The number of halogens is 1. The van der Waals surface area contributed by atoms with Crippen molar-refractivity contribution in [3.63, 3.8) is 0 Å². The summed E-state index contributed by atoms with van der Waals surface area (Å²) in [7, 11) is 0. The molecule has 0 saturated heterocycles. The van der Waals surface area contributed by atoms with Crippen molar-refractivity contribution in [2.45, 2.75) is 11.8 Å². The molecule has 0 spiro atoms. The molecule has 1 aromatic carbocycles. The molecule has 1 atom stereocenters. The van der Waals surface area contributed by atoms with Crippen LogP contribution in [0.15, 0.2) is 24.3 Å². The van der Waals surface area contributed by atoms with E-state index in [2.05, 4.69) is 0 Å². The van der Waals surface area contributed by atoms with E-state index in [9.17, 15) is 4.79 Å². The fourth-order valence-electron chi connectivity index (χ4n) is 1.65. The Morgan fingerprint density at radius 2 is 2.23 bits per heavy atom. The third-order valence-corrected chi connectivity index (χ3v) is 2.79. The van der Waals surface area contributed by atoms with Gasteiger partial charge < -0.3 is 4.90 Å². The van der Waals surface area contributed by atoms with E-state index >= 15 is 0 Å². The van der Waals surface area contributed by atoms with Gasteiger partial charge in [0.15, 0.2) is 0 Å². The van der Waals surface area contributed by atoms with Crippen LogP contribution in [0.5, 0.6) is 0 Å². The highest BCUT2D eigenvalue weighted by atomic mass is 35.5. The largest absolute Gasteiger partial charge is 0.315 e. The Bertz CT molecular complexity index is 326. The summed E-state index contributed by atoms with van der Waals surface area (Å²) in [5, 5.41) is 0.0485. The van der Waals surface area contributed by atoms with E-state index in [-0.39, 0.29) is 5.38 Å². The summed E-state index contributed by atoms with van der Waals surface area (Å²) in [5.41, 5.74) is 2.01. The van der Waals surface area contributed by atoms with Gasteiger partial charge in [-0.15, -0.1) is 11.6 Å². The number of benzene rings is 1. The summed E-state index contributed by atoms with van der Waals surface area (Å²) < 4.78 is 0. The average Bonchev–Trinajstić information content (AvgIpc) is 2.19. The zero-order valence-corrected chi connectivity index (χ0v) is 7.87. The summed E-state index contributed by atoms with van der Waals surface area (Å²) in [4.78, 5) is 12.4. The molecule has 2 rings (SSSR count). The number of anilines is 1. The van der Waals surface area contributed by atoms with Crippen molar-refractivity contribution in [1.29, 1.82) is 0 Å². The number of fused-ring (bicyclic) bond motifs is 1. The van der Waals surface area contributed by atoms with Crippen LogP contribution in [0.25, 0.3) is 0 Å². The van der Waals surface area contributed by atoms with Crippen LogP contribution in [0.4, 0.5) is 5.69 Å². The molecule has 1 heterocycles. The van der Waals surface area contributed by atoms with Crippen LogP contribution in [-0.2, 0) is 4.79 Å². The molecule has 0 saturated carbocycles. The minimum atomic E-state index is 0.0485. The molecule has 1 aliphatic rings. The lowest BCUT2D eigenvalue weighted by atomic mass is 10.0. The van der Waals surface area contributed by atoms with Crippen molar-refractivity contribution in [2.24, 2.45) is 0 Å². The molecule has 0 N–H and O–H groups in total. The second kappa shape index (κ2) is 3.38. The van der Waals surface area contributed by atoms with Crippen LogP contribution in [-0.4, -0.2) is 13.0 Å². The molecule has 1 amide bonds. The molecule has 2 nitrogen and oxygen atoms in total. The van der Waals surface area contributed by atoms with Crippen molar-refractivity contribution in [3.8, 4) is 0 Å². The number of alkyl halides is 1. The van der Waals surface area contributed by atoms with Crippen LogP contribution < -0.4 is 4.90 Å². The minimum Gasteiger partial charge on any atom is -0.315 e. The minimum absolute atomic E-state index is 0.0485. The first kappa shape index (κ1) is 8.57. The van der Waals surface area contributed by atoms with Gasteiger partial charge in [0, 0.05) is 12.2 Å². The van der Waals surface area contributed by atoms with E-state index in [4.69, 9.17) is 11.6 Å². The highest BCUT2D eigenvalue weighted by Gasteiger charge is 2.22. The summed E-state index contributed by atoms with van der Waals surface area (Å²) >= 11 is 6.13. The van der Waals surface area contributed by atoms with E-state index in [0.717, 1.165) is 24.1 Å². The molecule has 68 valence electrons. The van der Waals surface area contributed by atoms with Crippen LogP contribution in [0, 0.1) is 0 Å². The SMILES string of the molecule is O=CN1CCC(Cl)c2ccccc21. The van der Waals surface area contributed by atoms with E-state index < -0.39 is 0 Å². The topological polar surface area (TPSA) is 20.3 Å². The molecule has 0 bridgehead atoms. The molecular weight excluding hydrogens is 186 g/mol. The smallest absolute Gasteiger partial charge is 0.214 e. The molecular formula is C10H10ClNO. The van der Waals surface area contributed by atoms with Gasteiger partial charge in [-0.3, -0.25) is 4.79 Å². The van der Waals surface area contributed by atoms with Crippen molar-refractivity contribution < 1.29 is 4.79 Å². The zero-order chi connectivity index (χ0) is 9.26. The highest BCUT2D eigenvalue weighted by Crippen LogP contribution is 2.36. The van der Waals surface area contributed by atoms with E-state index in [0.29, 0.717) is 6.54 Å². The predicted molar refractivity (Wildman–Crippen MR) is 53.1 cm³/mol. The van der Waals surface area contributed by atoms with E-state index in [1.807, 2.05) is 24.3 Å². The Kier molecular flexibility index (Phi) is 2.23. The molecule has 0 aromatic heterocycles. The first-order valence-corrected chi connectivity index (χ1v) is 4.71. The molecule has 3 heteroatoms. The maximum Gasteiger partial charge on any atom is 0.214 e. The summed E-state index contributed by atoms with van der Waals surface area (Å²) in [6.07, 6.45) is 1.69. The van der Waals surface area contributed by atoms with Crippen molar-refractivity contribution in [3.05, 3.63) is 29.8 Å². The van der Waals surface area contributed by atoms with Crippen LogP contribution in [0.2, 0.25) is 0 Å². The monoisotopic (exact) mass is 195 g/mol. The standard InChI is InChI=1S/C10H10ClNO/c11-9-5-6-12(7-13)10-4-2-1-3-8(9)10/h1-4,7,9H,5-6H2. The Hall–Kier alpha value is -1.02. The molecule has 0 fully saturated rings. The Morgan fingerprint density at radius 3 is 3.00 bits per heavy atom. The molecule has 0 radical (unpaired) electrons. The highest BCUT2D eigenvalue weighted by molar-refractivity contribution is 6.21. The average molecular weight is 196 g/mol. The molecule has 1 aliphatic heterocycles. The third kappa shape index (κ3) is 1.42. The summed E-state index contributed by atoms with van der Waals surface area (Å²) in [6.45, 7) is 0.717. The zero-order valence-electron chi connectivity index (χ0n) is 7.11. The lowest BCUT2D eigenvalue weighted by Gasteiger charge is -2.28. The van der Waals surface area contributed by atoms with Gasteiger partial charge in [0.2, 0.25) is 6.41 Å². The number of para-hydroxylation sites is 1. The molecule has 1 unspecified atom stereocenters. The predicted octanol–water partition coefficient (Wildman–Crippen LogP) is 2.33. The summed E-state index contributed by atoms with van der Waals surface area (Å²) in [5.74, 6) is 0. The van der Waals surface area contributed by atoms with Gasteiger partial charge in [-0.2, -0.15) is 0 Å². The van der Waals surface area contributed by atoms with Crippen molar-refractivity contribution in [2.75, 3.05) is 11.4 Å². The first-order chi connectivity index (χ1) is 6.33. The second-order valence-electron chi connectivity index (χ2n) is 3.11. The van der Waals surface area contributed by atoms with E-state index in [1.54, 1.807) is 4.90 Å². The number of carbonyl (C=O) groups is 1. The van der Waals surface area contributed by atoms with Crippen LogP contribution >= 0.6 is 11.6 Å². The third-order valence-electron chi connectivity index (χ3n) is 2.33. The Morgan fingerprint density at radius 1 is 1.46 bits per heavy atom. The number of rotatable bonds is 1. The van der Waals surface area contributed by atoms with Gasteiger partial charge in [0.05, 0.1) is 5.38 Å². The van der Waals surface area contributed by atoms with Gasteiger partial charge in [-0.05, 0) is 18.1 Å². The van der Waals surface area contributed by atoms with Gasteiger partial charge >= 0.3 is 0 Å². The number of nitrogens with zero attached hydrogens (tertiary/aromatic N) is 1. The first-order valence-electron chi connectivity index (χ1n) is 4.28. The Labute approximate surface area is 82.1 Å². The summed E-state index contributed by atoms with van der Waals surface area (Å²) in [6, 6.07) is 7.77. The molecule has 0 aliphatic carbocycles. The number of hydrogen-bond donors (Lipinski definition) is 0. The quantitative estimate of drug-likeness (QED) is 0.498. The van der Waals surface area contributed by atoms with E-state index in [1.165, 1.54) is 0 Å². The number of carbonyl (C=O) groups excluding carboxylic acids is 1. The van der Waals surface area contributed by atoms with Crippen LogP contribution in [0.1, 0.15) is 17.4 Å². The Balaban J connectivity index is 2.47. The number of hydrogen-bond acceptors (Lipinski definition) is 1. The van der Waals surface area contributed by atoms with Gasteiger partial charge in [-0.1, -0.05) is 18.2 Å². The normalized spacial score (nSPS) is 21.0. The van der Waals surface area contributed by atoms with Crippen molar-refractivity contribution in [1.82, 2.24) is 0 Å². The van der Waals surface area contributed by atoms with Gasteiger partial charge in [-0.25, -0.2) is 0 Å². The van der Waals surface area contributed by atoms with Crippen LogP contribution in [0.3, 0.4) is 0 Å². The lowest BCUT2D eigenvalue weighted by Crippen LogP contribution is -2.28. The molecule has 1 aromatic rings. The molecule has 13 heavy (non-hydrogen) atoms. The number of amides is 1. The maximum absolute atomic E-state index is 10.7. The van der Waals surface area contributed by atoms with Crippen molar-refractivity contribution >= 4 is 23.7 Å². The fraction of sp³-hybridized carbons (Fsp3) is 0.300. The lowest BCUT2D eigenvalue weighted by molar-refractivity contribution is -0.107. The second-order valence-corrected chi connectivity index (χ2v) is 3.64.